The summed E-state index contributed by atoms with van der Waals surface area (Å²) in [7, 11) is 0. The number of aromatic carboxylic acids is 1. The third-order valence-electron chi connectivity index (χ3n) is 3.33. The fourth-order valence-electron chi connectivity index (χ4n) is 2.36. The second-order valence-corrected chi connectivity index (χ2v) is 4.53. The molecule has 0 radical (unpaired) electrons. The van der Waals surface area contributed by atoms with Crippen molar-refractivity contribution in [1.29, 1.82) is 0 Å². The first kappa shape index (κ1) is 11.7. The number of aromatic nitrogens is 1. The SMILES string of the molecule is CCc1nc2cc3ccccc3cc2cc1C(=O)O. The van der Waals surface area contributed by atoms with E-state index in [1.807, 2.05) is 43.3 Å². The molecule has 3 nitrogen and oxygen atoms in total. The van der Waals surface area contributed by atoms with Crippen LogP contribution in [0.3, 0.4) is 0 Å². The summed E-state index contributed by atoms with van der Waals surface area (Å²) >= 11 is 0. The van der Waals surface area contributed by atoms with E-state index >= 15 is 0 Å². The zero-order valence-corrected chi connectivity index (χ0v) is 10.6. The lowest BCUT2D eigenvalue weighted by Crippen LogP contribution is -2.04. The molecule has 0 aliphatic heterocycles. The van der Waals surface area contributed by atoms with Gasteiger partial charge in [-0.3, -0.25) is 4.98 Å². The molecule has 0 spiro atoms. The number of carboxylic acids is 1. The summed E-state index contributed by atoms with van der Waals surface area (Å²) in [6, 6.07) is 13.7. The summed E-state index contributed by atoms with van der Waals surface area (Å²) in [5.74, 6) is -0.917. The molecule has 3 heteroatoms. The van der Waals surface area contributed by atoms with Crippen LogP contribution in [0.4, 0.5) is 0 Å². The van der Waals surface area contributed by atoms with Crippen LogP contribution in [0.25, 0.3) is 21.7 Å². The number of pyridine rings is 1. The summed E-state index contributed by atoms with van der Waals surface area (Å²) in [5.41, 5.74) is 1.78. The lowest BCUT2D eigenvalue weighted by Gasteiger charge is -2.07. The van der Waals surface area contributed by atoms with Gasteiger partial charge in [-0.15, -0.1) is 0 Å². The molecule has 0 saturated heterocycles. The average molecular weight is 251 g/mol. The maximum absolute atomic E-state index is 11.2. The molecular formula is C16H13NO2. The Balaban J connectivity index is 2.38. The Hall–Kier alpha value is -2.42. The largest absolute Gasteiger partial charge is 0.478 e. The van der Waals surface area contributed by atoms with Gasteiger partial charge in [0, 0.05) is 5.39 Å². The van der Waals surface area contributed by atoms with E-state index in [9.17, 15) is 9.90 Å². The van der Waals surface area contributed by atoms with Gasteiger partial charge in [0.1, 0.15) is 0 Å². The molecule has 1 heterocycles. The van der Waals surface area contributed by atoms with Gasteiger partial charge in [-0.2, -0.15) is 0 Å². The van der Waals surface area contributed by atoms with Gasteiger partial charge in [-0.05, 0) is 35.4 Å². The molecule has 0 atom stereocenters. The Morgan fingerprint density at radius 2 is 1.79 bits per heavy atom. The van der Waals surface area contributed by atoms with Crippen molar-refractivity contribution < 1.29 is 9.90 Å². The highest BCUT2D eigenvalue weighted by Gasteiger charge is 2.12. The molecule has 0 aliphatic rings. The minimum absolute atomic E-state index is 0.297. The predicted octanol–water partition coefficient (Wildman–Crippen LogP) is 3.65. The van der Waals surface area contributed by atoms with Crippen LogP contribution in [-0.2, 0) is 6.42 Å². The predicted molar refractivity (Wildman–Crippen MR) is 75.6 cm³/mol. The third kappa shape index (κ3) is 1.93. The normalized spacial score (nSPS) is 11.0. The van der Waals surface area contributed by atoms with Crippen molar-refractivity contribution in [2.24, 2.45) is 0 Å². The number of rotatable bonds is 2. The fraction of sp³-hybridized carbons (Fsp3) is 0.125. The molecule has 0 amide bonds. The minimum Gasteiger partial charge on any atom is -0.478 e. The molecule has 94 valence electrons. The summed E-state index contributed by atoms with van der Waals surface area (Å²) in [6.07, 6.45) is 0.615. The van der Waals surface area contributed by atoms with Crippen LogP contribution in [0.1, 0.15) is 23.0 Å². The number of carboxylic acid groups (broad SMARTS) is 1. The first-order valence-corrected chi connectivity index (χ1v) is 6.25. The molecular weight excluding hydrogens is 238 g/mol. The van der Waals surface area contributed by atoms with Crippen LogP contribution in [0, 0.1) is 0 Å². The Bertz CT molecular complexity index is 793. The van der Waals surface area contributed by atoms with Crippen LogP contribution >= 0.6 is 0 Å². The van der Waals surface area contributed by atoms with E-state index in [0.717, 1.165) is 21.7 Å². The second kappa shape index (κ2) is 4.35. The van der Waals surface area contributed by atoms with Gasteiger partial charge in [-0.1, -0.05) is 31.2 Å². The maximum Gasteiger partial charge on any atom is 0.337 e. The van der Waals surface area contributed by atoms with E-state index in [0.29, 0.717) is 17.7 Å². The van der Waals surface area contributed by atoms with Crippen molar-refractivity contribution in [2.75, 3.05) is 0 Å². The number of aryl methyl sites for hydroxylation is 1. The molecule has 1 N–H and O–H groups in total. The van der Waals surface area contributed by atoms with Crippen LogP contribution in [0.15, 0.2) is 42.5 Å². The van der Waals surface area contributed by atoms with Gasteiger partial charge in [0.25, 0.3) is 0 Å². The molecule has 0 bridgehead atoms. The van der Waals surface area contributed by atoms with Gasteiger partial charge in [0.15, 0.2) is 0 Å². The summed E-state index contributed by atoms with van der Waals surface area (Å²) in [6.45, 7) is 1.92. The van der Waals surface area contributed by atoms with Crippen LogP contribution < -0.4 is 0 Å². The minimum atomic E-state index is -0.917. The van der Waals surface area contributed by atoms with E-state index in [1.165, 1.54) is 0 Å². The van der Waals surface area contributed by atoms with Crippen molar-refractivity contribution in [2.45, 2.75) is 13.3 Å². The van der Waals surface area contributed by atoms with Crippen molar-refractivity contribution in [3.63, 3.8) is 0 Å². The summed E-state index contributed by atoms with van der Waals surface area (Å²) in [4.78, 5) is 15.7. The molecule has 2 aromatic carbocycles. The quantitative estimate of drug-likeness (QED) is 0.707. The van der Waals surface area contributed by atoms with Gasteiger partial charge >= 0.3 is 5.97 Å². The summed E-state index contributed by atoms with van der Waals surface area (Å²) in [5, 5.41) is 12.3. The van der Waals surface area contributed by atoms with E-state index in [1.54, 1.807) is 6.07 Å². The zero-order chi connectivity index (χ0) is 13.4. The highest BCUT2D eigenvalue weighted by molar-refractivity contribution is 6.00. The molecule has 0 saturated carbocycles. The van der Waals surface area contributed by atoms with E-state index in [4.69, 9.17) is 0 Å². The standard InChI is InChI=1S/C16H13NO2/c1-2-14-13(16(18)19)8-12-7-10-5-3-4-6-11(10)9-15(12)17-14/h3-9H,2H2,1H3,(H,18,19). The molecule has 1 aromatic heterocycles. The average Bonchev–Trinajstić information content (AvgIpc) is 2.43. The highest BCUT2D eigenvalue weighted by atomic mass is 16.4. The lowest BCUT2D eigenvalue weighted by atomic mass is 10.0. The van der Waals surface area contributed by atoms with Crippen molar-refractivity contribution in [3.8, 4) is 0 Å². The Labute approximate surface area is 110 Å². The maximum atomic E-state index is 11.2. The van der Waals surface area contributed by atoms with Gasteiger partial charge in [0.2, 0.25) is 0 Å². The van der Waals surface area contributed by atoms with Gasteiger partial charge in [-0.25, -0.2) is 4.79 Å². The lowest BCUT2D eigenvalue weighted by molar-refractivity contribution is 0.0695. The number of carbonyl (C=O) groups is 1. The number of hydrogen-bond acceptors (Lipinski definition) is 2. The molecule has 0 fully saturated rings. The zero-order valence-electron chi connectivity index (χ0n) is 10.6. The van der Waals surface area contributed by atoms with E-state index in [-0.39, 0.29) is 0 Å². The fourth-order valence-corrected chi connectivity index (χ4v) is 2.36. The molecule has 3 aromatic rings. The van der Waals surface area contributed by atoms with Crippen LogP contribution in [0.2, 0.25) is 0 Å². The molecule has 19 heavy (non-hydrogen) atoms. The Morgan fingerprint density at radius 3 is 2.42 bits per heavy atom. The summed E-state index contributed by atoms with van der Waals surface area (Å²) < 4.78 is 0. The van der Waals surface area contributed by atoms with Crippen LogP contribution in [-0.4, -0.2) is 16.1 Å². The molecule has 0 unspecified atom stereocenters. The van der Waals surface area contributed by atoms with Crippen molar-refractivity contribution in [1.82, 2.24) is 4.98 Å². The highest BCUT2D eigenvalue weighted by Crippen LogP contribution is 2.23. The molecule has 3 rings (SSSR count). The number of benzene rings is 2. The Kier molecular flexibility index (Phi) is 2.67. The topological polar surface area (TPSA) is 50.2 Å². The Morgan fingerprint density at radius 1 is 1.11 bits per heavy atom. The first-order valence-electron chi connectivity index (χ1n) is 6.25. The van der Waals surface area contributed by atoms with Crippen molar-refractivity contribution in [3.05, 3.63) is 53.7 Å². The smallest absolute Gasteiger partial charge is 0.337 e. The van der Waals surface area contributed by atoms with Crippen LogP contribution in [0.5, 0.6) is 0 Å². The van der Waals surface area contributed by atoms with E-state index in [2.05, 4.69) is 4.98 Å². The second-order valence-electron chi connectivity index (χ2n) is 4.53. The van der Waals surface area contributed by atoms with Gasteiger partial charge < -0.3 is 5.11 Å². The number of nitrogens with zero attached hydrogens (tertiary/aromatic N) is 1. The van der Waals surface area contributed by atoms with Gasteiger partial charge in [0.05, 0.1) is 16.8 Å². The van der Waals surface area contributed by atoms with Crippen molar-refractivity contribution >= 4 is 27.6 Å². The molecule has 0 aliphatic carbocycles. The monoisotopic (exact) mass is 251 g/mol. The first-order chi connectivity index (χ1) is 9.19. The van der Waals surface area contributed by atoms with E-state index < -0.39 is 5.97 Å². The number of fused-ring (bicyclic) bond motifs is 2. The number of hydrogen-bond donors (Lipinski definition) is 1. The third-order valence-corrected chi connectivity index (χ3v) is 3.33.